The van der Waals surface area contributed by atoms with Crippen molar-refractivity contribution in [3.63, 3.8) is 0 Å². The van der Waals surface area contributed by atoms with Gasteiger partial charge in [0.1, 0.15) is 6.54 Å². The topological polar surface area (TPSA) is 54.8 Å². The Kier molecular flexibility index (Phi) is 4.55. The standard InChI is InChI=1S/C17H25N3O3/c1-18-9-14(11-23-2)17(12-18)6-8-20(13-17)16(22)10-19-7-4-3-5-15(19)21/h3-5,7,14H,6,8-13H2,1-2H3/t14-,17-/m1/s1. The highest BCUT2D eigenvalue weighted by molar-refractivity contribution is 5.76. The van der Waals surface area contributed by atoms with Crippen LogP contribution in [0.4, 0.5) is 0 Å². The third-order valence-electron chi connectivity index (χ3n) is 5.29. The van der Waals surface area contributed by atoms with Gasteiger partial charge < -0.3 is 19.1 Å². The first-order chi connectivity index (χ1) is 11.0. The molecule has 0 N–H and O–H groups in total. The number of hydrogen-bond donors (Lipinski definition) is 0. The van der Waals surface area contributed by atoms with Gasteiger partial charge in [0, 0.05) is 56.9 Å². The lowest BCUT2D eigenvalue weighted by atomic mass is 9.78. The summed E-state index contributed by atoms with van der Waals surface area (Å²) in [5.74, 6) is 0.496. The Morgan fingerprint density at radius 1 is 1.39 bits per heavy atom. The van der Waals surface area contributed by atoms with Gasteiger partial charge in [0.05, 0.1) is 6.61 Å². The molecule has 6 nitrogen and oxygen atoms in total. The largest absolute Gasteiger partial charge is 0.384 e. The molecule has 0 aromatic carbocycles. The minimum Gasteiger partial charge on any atom is -0.384 e. The smallest absolute Gasteiger partial charge is 0.250 e. The molecule has 2 fully saturated rings. The molecule has 0 saturated carbocycles. The molecular weight excluding hydrogens is 294 g/mol. The lowest BCUT2D eigenvalue weighted by Gasteiger charge is -2.30. The van der Waals surface area contributed by atoms with Crippen molar-refractivity contribution >= 4 is 5.91 Å². The van der Waals surface area contributed by atoms with E-state index >= 15 is 0 Å². The molecule has 6 heteroatoms. The average molecular weight is 319 g/mol. The molecule has 1 spiro atoms. The van der Waals surface area contributed by atoms with Crippen molar-refractivity contribution in [2.24, 2.45) is 11.3 Å². The first-order valence-electron chi connectivity index (χ1n) is 8.15. The van der Waals surface area contributed by atoms with Crippen LogP contribution in [-0.2, 0) is 16.1 Å². The van der Waals surface area contributed by atoms with E-state index < -0.39 is 0 Å². The van der Waals surface area contributed by atoms with Gasteiger partial charge in [-0.15, -0.1) is 0 Å². The Morgan fingerprint density at radius 2 is 2.22 bits per heavy atom. The van der Waals surface area contributed by atoms with Gasteiger partial charge in [-0.25, -0.2) is 0 Å². The van der Waals surface area contributed by atoms with Crippen molar-refractivity contribution in [1.29, 1.82) is 0 Å². The van der Waals surface area contributed by atoms with Crippen LogP contribution in [0.25, 0.3) is 0 Å². The molecule has 0 radical (unpaired) electrons. The number of carbonyl (C=O) groups excluding carboxylic acids is 1. The molecular formula is C17H25N3O3. The number of nitrogens with zero attached hydrogens (tertiary/aromatic N) is 3. The van der Waals surface area contributed by atoms with E-state index in [1.165, 1.54) is 10.6 Å². The molecule has 0 aliphatic carbocycles. The van der Waals surface area contributed by atoms with Gasteiger partial charge in [0.15, 0.2) is 0 Å². The Bertz CT molecular complexity index is 630. The van der Waals surface area contributed by atoms with Crippen molar-refractivity contribution in [3.05, 3.63) is 34.7 Å². The third-order valence-corrected chi connectivity index (χ3v) is 5.29. The lowest BCUT2D eigenvalue weighted by molar-refractivity contribution is -0.131. The molecule has 1 amide bonds. The van der Waals surface area contributed by atoms with Crippen LogP contribution in [0.2, 0.25) is 0 Å². The maximum Gasteiger partial charge on any atom is 0.250 e. The van der Waals surface area contributed by atoms with E-state index in [4.69, 9.17) is 4.74 Å². The molecule has 0 bridgehead atoms. The number of rotatable bonds is 4. The van der Waals surface area contributed by atoms with E-state index in [2.05, 4.69) is 11.9 Å². The minimum absolute atomic E-state index is 0.0286. The van der Waals surface area contributed by atoms with Crippen LogP contribution in [0.5, 0.6) is 0 Å². The molecule has 3 rings (SSSR count). The van der Waals surface area contributed by atoms with Crippen molar-refractivity contribution in [3.8, 4) is 0 Å². The second kappa shape index (κ2) is 6.45. The fraction of sp³-hybridized carbons (Fsp3) is 0.647. The number of carbonyl (C=O) groups is 1. The van der Waals surface area contributed by atoms with Crippen LogP contribution in [0.1, 0.15) is 6.42 Å². The van der Waals surface area contributed by atoms with Crippen LogP contribution < -0.4 is 5.56 Å². The maximum atomic E-state index is 12.6. The van der Waals surface area contributed by atoms with Gasteiger partial charge in [-0.05, 0) is 19.5 Å². The summed E-state index contributed by atoms with van der Waals surface area (Å²) in [6.45, 7) is 4.44. The second-order valence-electron chi connectivity index (χ2n) is 6.94. The van der Waals surface area contributed by atoms with E-state index in [9.17, 15) is 9.59 Å². The fourth-order valence-corrected chi connectivity index (χ4v) is 4.14. The molecule has 2 saturated heterocycles. The van der Waals surface area contributed by atoms with Crippen molar-refractivity contribution in [1.82, 2.24) is 14.4 Å². The highest BCUT2D eigenvalue weighted by Crippen LogP contribution is 2.43. The Morgan fingerprint density at radius 3 is 2.96 bits per heavy atom. The molecule has 1 aromatic rings. The predicted octanol–water partition coefficient (Wildman–Crippen LogP) is 0.275. The zero-order chi connectivity index (χ0) is 16.4. The lowest BCUT2D eigenvalue weighted by Crippen LogP contribution is -2.39. The first kappa shape index (κ1) is 16.2. The second-order valence-corrected chi connectivity index (χ2v) is 6.94. The highest BCUT2D eigenvalue weighted by Gasteiger charge is 2.50. The highest BCUT2D eigenvalue weighted by atomic mass is 16.5. The van der Waals surface area contributed by atoms with E-state index in [-0.39, 0.29) is 23.4 Å². The van der Waals surface area contributed by atoms with Gasteiger partial charge in [0.2, 0.25) is 5.91 Å². The molecule has 2 aliphatic heterocycles. The van der Waals surface area contributed by atoms with E-state index in [0.717, 1.165) is 39.2 Å². The van der Waals surface area contributed by atoms with Crippen LogP contribution in [-0.4, -0.2) is 67.2 Å². The average Bonchev–Trinajstić information content (AvgIpc) is 3.07. The number of ether oxygens (including phenoxy) is 1. The fourth-order valence-electron chi connectivity index (χ4n) is 4.14. The van der Waals surface area contributed by atoms with E-state index in [0.29, 0.717) is 5.92 Å². The summed E-state index contributed by atoms with van der Waals surface area (Å²) in [6, 6.07) is 4.96. The van der Waals surface area contributed by atoms with Crippen LogP contribution in [0.15, 0.2) is 29.2 Å². The van der Waals surface area contributed by atoms with Crippen LogP contribution in [0, 0.1) is 11.3 Å². The normalized spacial score (nSPS) is 27.9. The van der Waals surface area contributed by atoms with Gasteiger partial charge in [0.25, 0.3) is 5.56 Å². The van der Waals surface area contributed by atoms with Gasteiger partial charge in [-0.2, -0.15) is 0 Å². The molecule has 1 aromatic heterocycles. The van der Waals surface area contributed by atoms with Gasteiger partial charge in [-0.3, -0.25) is 9.59 Å². The quantitative estimate of drug-likeness (QED) is 0.800. The van der Waals surface area contributed by atoms with Crippen molar-refractivity contribution < 1.29 is 9.53 Å². The van der Waals surface area contributed by atoms with Crippen LogP contribution >= 0.6 is 0 Å². The van der Waals surface area contributed by atoms with Gasteiger partial charge in [-0.1, -0.05) is 6.07 Å². The predicted molar refractivity (Wildman–Crippen MR) is 87.2 cm³/mol. The zero-order valence-corrected chi connectivity index (χ0v) is 13.9. The number of hydrogen-bond acceptors (Lipinski definition) is 4. The number of methoxy groups -OCH3 is 1. The molecule has 2 atom stereocenters. The summed E-state index contributed by atoms with van der Waals surface area (Å²) in [5, 5.41) is 0. The summed E-state index contributed by atoms with van der Waals surface area (Å²) in [6.07, 6.45) is 2.68. The Labute approximate surface area is 136 Å². The molecule has 2 aliphatic rings. The Hall–Kier alpha value is -1.66. The molecule has 126 valence electrons. The Balaban J connectivity index is 1.68. The summed E-state index contributed by atoms with van der Waals surface area (Å²) < 4.78 is 6.87. The number of pyridine rings is 1. The molecule has 0 unspecified atom stereocenters. The van der Waals surface area contributed by atoms with Crippen molar-refractivity contribution in [2.45, 2.75) is 13.0 Å². The summed E-state index contributed by atoms with van der Waals surface area (Å²) >= 11 is 0. The molecule has 3 heterocycles. The third kappa shape index (κ3) is 3.19. The first-order valence-corrected chi connectivity index (χ1v) is 8.15. The van der Waals surface area contributed by atoms with E-state index in [1.807, 2.05) is 4.90 Å². The van der Waals surface area contributed by atoms with Crippen LogP contribution in [0.3, 0.4) is 0 Å². The molecule has 23 heavy (non-hydrogen) atoms. The zero-order valence-electron chi connectivity index (χ0n) is 13.9. The number of aromatic nitrogens is 1. The summed E-state index contributed by atoms with van der Waals surface area (Å²) in [5.41, 5.74) is 0.00911. The monoisotopic (exact) mass is 319 g/mol. The number of likely N-dealkylation sites (tertiary alicyclic amines) is 2. The summed E-state index contributed by atoms with van der Waals surface area (Å²) in [4.78, 5) is 28.6. The minimum atomic E-state index is -0.132. The van der Waals surface area contributed by atoms with Crippen molar-refractivity contribution in [2.75, 3.05) is 46.9 Å². The number of amides is 1. The maximum absolute atomic E-state index is 12.6. The SMILES string of the molecule is COC[C@H]1CN(C)C[C@@]12CCN(C(=O)Cn1ccccc1=O)C2. The van der Waals surface area contributed by atoms with Gasteiger partial charge >= 0.3 is 0 Å². The van der Waals surface area contributed by atoms with E-state index in [1.54, 1.807) is 25.4 Å². The summed E-state index contributed by atoms with van der Waals surface area (Å²) in [7, 11) is 3.87.